The zero-order valence-electron chi connectivity index (χ0n) is 21.7. The van der Waals surface area contributed by atoms with Crippen molar-refractivity contribution in [3.05, 3.63) is 65.6 Å². The lowest BCUT2D eigenvalue weighted by atomic mass is 9.72. The van der Waals surface area contributed by atoms with E-state index in [-0.39, 0.29) is 36.0 Å². The monoisotopic (exact) mass is 538 g/mol. The smallest absolute Gasteiger partial charge is 0.257 e. The van der Waals surface area contributed by atoms with Gasteiger partial charge in [0.1, 0.15) is 0 Å². The molecule has 206 valence electrons. The number of hydrogen-bond donors (Lipinski definition) is 0. The van der Waals surface area contributed by atoms with Crippen LogP contribution in [0.1, 0.15) is 65.7 Å². The van der Waals surface area contributed by atoms with Crippen LogP contribution in [-0.2, 0) is 17.8 Å². The number of amides is 2. The summed E-state index contributed by atoms with van der Waals surface area (Å²) in [5.41, 5.74) is 1.27. The number of alkyl halides is 2. The predicted molar refractivity (Wildman–Crippen MR) is 136 cm³/mol. The van der Waals surface area contributed by atoms with Crippen LogP contribution in [0.5, 0.6) is 0 Å². The topological polar surface area (TPSA) is 97.4 Å². The number of carbonyl (C=O) groups excluding carboxylic acids is 2. The Kier molecular flexibility index (Phi) is 6.68. The fraction of sp³-hybridized carbons (Fsp3) is 0.536. The van der Waals surface area contributed by atoms with Crippen LogP contribution in [0.25, 0.3) is 0 Å². The zero-order valence-corrected chi connectivity index (χ0v) is 21.7. The van der Waals surface area contributed by atoms with Crippen molar-refractivity contribution in [2.45, 2.75) is 56.9 Å². The average molecular weight is 539 g/mol. The summed E-state index contributed by atoms with van der Waals surface area (Å²) in [6.07, 6.45) is 6.39. The summed E-state index contributed by atoms with van der Waals surface area (Å²) in [7, 11) is 0. The highest BCUT2D eigenvalue weighted by atomic mass is 19.3. The van der Waals surface area contributed by atoms with Gasteiger partial charge < -0.3 is 14.2 Å². The van der Waals surface area contributed by atoms with Crippen LogP contribution in [0.4, 0.5) is 8.78 Å². The second-order valence-corrected chi connectivity index (χ2v) is 11.4. The van der Waals surface area contributed by atoms with Crippen molar-refractivity contribution in [1.29, 1.82) is 0 Å². The standard InChI is InChI=1S/C28H32F2N6O3/c29-28(30)10-8-20(9-11-28)6-7-24-32-33-25(39-24)23-15-35(18-27(23)16-34(17-27)19-37)26(38)22-12-31-36(14-22)13-21-4-2-1-3-5-21/h1-5,12,14,19-20,23H,6-11,13,15-18H2. The first-order chi connectivity index (χ1) is 18.8. The number of carbonyl (C=O) groups is 2. The van der Waals surface area contributed by atoms with E-state index in [1.54, 1.807) is 26.9 Å². The van der Waals surface area contributed by atoms with E-state index in [1.807, 2.05) is 30.3 Å². The lowest BCUT2D eigenvalue weighted by Crippen LogP contribution is -2.59. The second kappa shape index (κ2) is 10.2. The molecule has 9 nitrogen and oxygen atoms in total. The molecule has 3 fully saturated rings. The predicted octanol–water partition coefficient (Wildman–Crippen LogP) is 3.77. The van der Waals surface area contributed by atoms with Gasteiger partial charge in [-0.15, -0.1) is 10.2 Å². The van der Waals surface area contributed by atoms with Crippen LogP contribution in [0, 0.1) is 11.3 Å². The molecule has 1 spiro atoms. The Labute approximate surface area is 225 Å². The Balaban J connectivity index is 1.12. The summed E-state index contributed by atoms with van der Waals surface area (Å²) >= 11 is 0. The van der Waals surface area contributed by atoms with Gasteiger partial charge in [0, 0.05) is 57.1 Å². The lowest BCUT2D eigenvalue weighted by molar-refractivity contribution is -0.129. The third-order valence-corrected chi connectivity index (χ3v) is 8.57. The first kappa shape index (κ1) is 25.6. The van der Waals surface area contributed by atoms with E-state index in [1.165, 1.54) is 0 Å². The molecule has 2 aromatic heterocycles. The highest BCUT2D eigenvalue weighted by molar-refractivity contribution is 5.94. The Hall–Kier alpha value is -3.63. The zero-order chi connectivity index (χ0) is 27.0. The van der Waals surface area contributed by atoms with E-state index < -0.39 is 5.92 Å². The molecule has 3 aromatic rings. The van der Waals surface area contributed by atoms with Crippen LogP contribution in [0.15, 0.2) is 47.1 Å². The minimum Gasteiger partial charge on any atom is -0.425 e. The Morgan fingerprint density at radius 3 is 2.62 bits per heavy atom. The normalized spacial score (nSPS) is 22.3. The molecular formula is C28H32F2N6O3. The number of aromatic nitrogens is 4. The number of aryl methyl sites for hydroxylation is 1. The summed E-state index contributed by atoms with van der Waals surface area (Å²) in [5.74, 6) is -1.63. The summed E-state index contributed by atoms with van der Waals surface area (Å²) in [4.78, 5) is 28.3. The SMILES string of the molecule is O=CN1CC2(C1)CN(C(=O)c1cnn(Cc3ccccc3)c1)CC2c1nnc(CCC2CCC(F)(F)CC2)o1. The van der Waals surface area contributed by atoms with Gasteiger partial charge in [-0.25, -0.2) is 8.78 Å². The molecule has 3 aliphatic rings. The molecule has 1 aromatic carbocycles. The largest absolute Gasteiger partial charge is 0.425 e. The molecule has 0 bridgehead atoms. The minimum atomic E-state index is -2.53. The van der Waals surface area contributed by atoms with Crippen molar-refractivity contribution in [3.63, 3.8) is 0 Å². The maximum atomic E-state index is 13.5. The lowest BCUT2D eigenvalue weighted by Gasteiger charge is -2.48. The van der Waals surface area contributed by atoms with Gasteiger partial charge in [0.2, 0.25) is 24.1 Å². The average Bonchev–Trinajstić information content (AvgIpc) is 3.66. The van der Waals surface area contributed by atoms with Crippen molar-refractivity contribution in [1.82, 2.24) is 29.8 Å². The molecule has 6 rings (SSSR count). The number of likely N-dealkylation sites (tertiary alicyclic amines) is 2. The van der Waals surface area contributed by atoms with Crippen LogP contribution in [0.2, 0.25) is 0 Å². The third-order valence-electron chi connectivity index (χ3n) is 8.57. The molecule has 1 saturated carbocycles. The molecule has 11 heteroatoms. The quantitative estimate of drug-likeness (QED) is 0.405. The van der Waals surface area contributed by atoms with E-state index in [9.17, 15) is 18.4 Å². The van der Waals surface area contributed by atoms with Crippen molar-refractivity contribution in [2.24, 2.45) is 11.3 Å². The second-order valence-electron chi connectivity index (χ2n) is 11.4. The van der Waals surface area contributed by atoms with Crippen molar-refractivity contribution < 1.29 is 22.8 Å². The molecule has 0 radical (unpaired) electrons. The Morgan fingerprint density at radius 1 is 1.10 bits per heavy atom. The van der Waals surface area contributed by atoms with Gasteiger partial charge >= 0.3 is 0 Å². The molecule has 2 saturated heterocycles. The summed E-state index contributed by atoms with van der Waals surface area (Å²) < 4.78 is 34.8. The van der Waals surface area contributed by atoms with Crippen molar-refractivity contribution in [2.75, 3.05) is 26.2 Å². The molecule has 1 atom stereocenters. The first-order valence-electron chi connectivity index (χ1n) is 13.6. The van der Waals surface area contributed by atoms with Crippen LogP contribution >= 0.6 is 0 Å². The van der Waals surface area contributed by atoms with Gasteiger partial charge in [-0.05, 0) is 30.7 Å². The summed E-state index contributed by atoms with van der Waals surface area (Å²) in [6, 6.07) is 9.92. The van der Waals surface area contributed by atoms with E-state index in [0.717, 1.165) is 18.4 Å². The molecule has 1 aliphatic carbocycles. The van der Waals surface area contributed by atoms with Crippen molar-refractivity contribution in [3.8, 4) is 0 Å². The minimum absolute atomic E-state index is 0.0560. The van der Waals surface area contributed by atoms with Crippen LogP contribution in [-0.4, -0.2) is 74.2 Å². The van der Waals surface area contributed by atoms with E-state index in [4.69, 9.17) is 4.42 Å². The van der Waals surface area contributed by atoms with Gasteiger partial charge in [-0.1, -0.05) is 30.3 Å². The van der Waals surface area contributed by atoms with Gasteiger partial charge in [-0.2, -0.15) is 5.10 Å². The fourth-order valence-electron chi connectivity index (χ4n) is 6.36. The Morgan fingerprint density at radius 2 is 1.87 bits per heavy atom. The molecule has 2 amide bonds. The summed E-state index contributed by atoms with van der Waals surface area (Å²) in [6.45, 7) is 2.51. The molecule has 1 unspecified atom stereocenters. The molecule has 2 aliphatic heterocycles. The fourth-order valence-corrected chi connectivity index (χ4v) is 6.36. The first-order valence-corrected chi connectivity index (χ1v) is 13.6. The van der Waals surface area contributed by atoms with Gasteiger partial charge in [0.05, 0.1) is 24.2 Å². The van der Waals surface area contributed by atoms with Gasteiger partial charge in [-0.3, -0.25) is 14.3 Å². The molecule has 4 heterocycles. The molecule has 39 heavy (non-hydrogen) atoms. The van der Waals surface area contributed by atoms with E-state index in [2.05, 4.69) is 15.3 Å². The molecular weight excluding hydrogens is 506 g/mol. The third kappa shape index (κ3) is 5.31. The number of benzene rings is 1. The number of nitrogens with zero attached hydrogens (tertiary/aromatic N) is 6. The Bertz CT molecular complexity index is 1310. The summed E-state index contributed by atoms with van der Waals surface area (Å²) in [5, 5.41) is 13.0. The molecule has 0 N–H and O–H groups in total. The highest BCUT2D eigenvalue weighted by Crippen LogP contribution is 2.48. The van der Waals surface area contributed by atoms with Crippen LogP contribution < -0.4 is 0 Å². The van der Waals surface area contributed by atoms with Gasteiger partial charge in [0.15, 0.2) is 0 Å². The number of rotatable bonds is 8. The van der Waals surface area contributed by atoms with E-state index in [0.29, 0.717) is 69.3 Å². The maximum Gasteiger partial charge on any atom is 0.257 e. The highest BCUT2D eigenvalue weighted by Gasteiger charge is 2.57. The van der Waals surface area contributed by atoms with Crippen LogP contribution in [0.3, 0.4) is 0 Å². The van der Waals surface area contributed by atoms with Crippen molar-refractivity contribution >= 4 is 12.3 Å². The number of hydrogen-bond acceptors (Lipinski definition) is 6. The van der Waals surface area contributed by atoms with E-state index >= 15 is 0 Å². The number of halogens is 2. The van der Waals surface area contributed by atoms with Gasteiger partial charge in [0.25, 0.3) is 5.91 Å². The maximum absolute atomic E-state index is 13.5.